The number of ketones is 1. The molecule has 0 aliphatic heterocycles. The maximum atomic E-state index is 11.3. The summed E-state index contributed by atoms with van der Waals surface area (Å²) in [5.74, 6) is -1.51. The molecule has 0 heterocycles. The molecule has 82 valence electrons. The molecule has 0 bridgehead atoms. The topological polar surface area (TPSA) is 54.4 Å². The molecule has 0 unspecified atom stereocenters. The standard InChI is InChI=1S/C11H20O3/c1-7(2)5-9(6-8(3)4)10(12)11(13)14/h7-9H,5-6H2,1-4H3,(H,13,14). The first-order valence-corrected chi connectivity index (χ1v) is 5.11. The monoisotopic (exact) mass is 200 g/mol. The Labute approximate surface area is 85.5 Å². The second kappa shape index (κ2) is 5.78. The van der Waals surface area contributed by atoms with Gasteiger partial charge in [-0.2, -0.15) is 0 Å². The van der Waals surface area contributed by atoms with E-state index in [4.69, 9.17) is 5.11 Å². The average Bonchev–Trinajstić information content (AvgIpc) is 1.99. The van der Waals surface area contributed by atoms with Crippen molar-refractivity contribution in [1.29, 1.82) is 0 Å². The molecule has 3 nitrogen and oxygen atoms in total. The molecule has 0 fully saturated rings. The number of carboxylic acid groups (broad SMARTS) is 1. The molecule has 0 radical (unpaired) electrons. The minimum Gasteiger partial charge on any atom is -0.475 e. The van der Waals surface area contributed by atoms with Crippen LogP contribution in [0.2, 0.25) is 0 Å². The van der Waals surface area contributed by atoms with Crippen molar-refractivity contribution in [2.75, 3.05) is 0 Å². The van der Waals surface area contributed by atoms with Crippen LogP contribution in [0, 0.1) is 17.8 Å². The van der Waals surface area contributed by atoms with Crippen LogP contribution in [0.25, 0.3) is 0 Å². The van der Waals surface area contributed by atoms with Crippen molar-refractivity contribution in [3.8, 4) is 0 Å². The summed E-state index contributed by atoms with van der Waals surface area (Å²) in [7, 11) is 0. The smallest absolute Gasteiger partial charge is 0.372 e. The minimum atomic E-state index is -1.30. The van der Waals surface area contributed by atoms with E-state index in [1.54, 1.807) is 0 Å². The van der Waals surface area contributed by atoms with E-state index in [1.807, 2.05) is 27.7 Å². The molecule has 0 saturated carbocycles. The Bertz CT molecular complexity index is 197. The van der Waals surface area contributed by atoms with Crippen molar-refractivity contribution >= 4 is 11.8 Å². The number of carbonyl (C=O) groups excluding carboxylic acids is 1. The summed E-state index contributed by atoms with van der Waals surface area (Å²) in [4.78, 5) is 21.9. The molecule has 0 rings (SSSR count). The third-order valence-corrected chi connectivity index (χ3v) is 2.09. The maximum Gasteiger partial charge on any atom is 0.372 e. The van der Waals surface area contributed by atoms with Gasteiger partial charge in [0.05, 0.1) is 0 Å². The van der Waals surface area contributed by atoms with Gasteiger partial charge in [-0.3, -0.25) is 4.79 Å². The van der Waals surface area contributed by atoms with Gasteiger partial charge in [0.1, 0.15) is 0 Å². The van der Waals surface area contributed by atoms with Crippen molar-refractivity contribution in [1.82, 2.24) is 0 Å². The molecule has 0 aromatic heterocycles. The van der Waals surface area contributed by atoms with Crippen LogP contribution in [0.3, 0.4) is 0 Å². The van der Waals surface area contributed by atoms with Gasteiger partial charge >= 0.3 is 5.97 Å². The molecule has 14 heavy (non-hydrogen) atoms. The Morgan fingerprint density at radius 2 is 1.36 bits per heavy atom. The molecule has 0 aromatic carbocycles. The number of carboxylic acids is 1. The highest BCUT2D eigenvalue weighted by molar-refractivity contribution is 6.33. The lowest BCUT2D eigenvalue weighted by atomic mass is 9.86. The van der Waals surface area contributed by atoms with Crippen LogP contribution >= 0.6 is 0 Å². The summed E-state index contributed by atoms with van der Waals surface area (Å²) in [5, 5.41) is 8.63. The molecule has 0 saturated heterocycles. The number of hydrogen-bond donors (Lipinski definition) is 1. The Morgan fingerprint density at radius 1 is 1.00 bits per heavy atom. The van der Waals surface area contributed by atoms with Gasteiger partial charge in [0.15, 0.2) is 0 Å². The fourth-order valence-electron chi connectivity index (χ4n) is 1.62. The average molecular weight is 200 g/mol. The molecule has 0 atom stereocenters. The first-order valence-electron chi connectivity index (χ1n) is 5.11. The van der Waals surface area contributed by atoms with Gasteiger partial charge in [0, 0.05) is 5.92 Å². The van der Waals surface area contributed by atoms with Crippen molar-refractivity contribution in [2.45, 2.75) is 40.5 Å². The summed E-state index contributed by atoms with van der Waals surface area (Å²) >= 11 is 0. The largest absolute Gasteiger partial charge is 0.475 e. The Morgan fingerprint density at radius 3 is 1.57 bits per heavy atom. The highest BCUT2D eigenvalue weighted by Gasteiger charge is 2.25. The SMILES string of the molecule is CC(C)CC(CC(C)C)C(=O)C(=O)O. The third kappa shape index (κ3) is 5.00. The van der Waals surface area contributed by atoms with Gasteiger partial charge in [0.25, 0.3) is 0 Å². The van der Waals surface area contributed by atoms with Crippen molar-refractivity contribution in [2.24, 2.45) is 17.8 Å². The quantitative estimate of drug-likeness (QED) is 0.669. The number of aliphatic carboxylic acids is 1. The normalized spacial score (nSPS) is 11.4. The highest BCUT2D eigenvalue weighted by Crippen LogP contribution is 2.20. The third-order valence-electron chi connectivity index (χ3n) is 2.09. The summed E-state index contributed by atoms with van der Waals surface area (Å²) in [6.07, 6.45) is 1.34. The van der Waals surface area contributed by atoms with Crippen LogP contribution in [-0.2, 0) is 9.59 Å². The van der Waals surface area contributed by atoms with Crippen molar-refractivity contribution in [3.05, 3.63) is 0 Å². The second-order valence-corrected chi connectivity index (χ2v) is 4.63. The Kier molecular flexibility index (Phi) is 5.43. The van der Waals surface area contributed by atoms with Crippen LogP contribution < -0.4 is 0 Å². The highest BCUT2D eigenvalue weighted by atomic mass is 16.4. The summed E-state index contributed by atoms with van der Waals surface area (Å²) in [6, 6.07) is 0. The first-order chi connectivity index (χ1) is 6.34. The summed E-state index contributed by atoms with van der Waals surface area (Å²) < 4.78 is 0. The maximum absolute atomic E-state index is 11.3. The predicted molar refractivity (Wildman–Crippen MR) is 55.0 cm³/mol. The van der Waals surface area contributed by atoms with Crippen LogP contribution in [0.4, 0.5) is 0 Å². The van der Waals surface area contributed by atoms with E-state index in [1.165, 1.54) is 0 Å². The molecular formula is C11H20O3. The molecule has 0 aliphatic rings. The molecular weight excluding hydrogens is 180 g/mol. The van der Waals surface area contributed by atoms with Crippen molar-refractivity contribution in [3.63, 3.8) is 0 Å². The van der Waals surface area contributed by atoms with Crippen LogP contribution in [-0.4, -0.2) is 16.9 Å². The number of rotatable bonds is 6. The predicted octanol–water partition coefficient (Wildman–Crippen LogP) is 2.35. The molecule has 0 spiro atoms. The Balaban J connectivity index is 4.38. The van der Waals surface area contributed by atoms with E-state index in [0.717, 1.165) is 0 Å². The van der Waals surface area contributed by atoms with Gasteiger partial charge in [-0.15, -0.1) is 0 Å². The molecule has 0 aromatic rings. The fraction of sp³-hybridized carbons (Fsp3) is 0.818. The van der Waals surface area contributed by atoms with E-state index in [-0.39, 0.29) is 5.92 Å². The zero-order chi connectivity index (χ0) is 11.3. The van der Waals surface area contributed by atoms with Gasteiger partial charge in [-0.1, -0.05) is 27.7 Å². The zero-order valence-electron chi connectivity index (χ0n) is 9.41. The van der Waals surface area contributed by atoms with E-state index in [2.05, 4.69) is 0 Å². The molecule has 1 N–H and O–H groups in total. The van der Waals surface area contributed by atoms with E-state index in [9.17, 15) is 9.59 Å². The van der Waals surface area contributed by atoms with E-state index >= 15 is 0 Å². The van der Waals surface area contributed by atoms with Crippen LogP contribution in [0.15, 0.2) is 0 Å². The number of hydrogen-bond acceptors (Lipinski definition) is 2. The molecule has 0 amide bonds. The van der Waals surface area contributed by atoms with Crippen molar-refractivity contribution < 1.29 is 14.7 Å². The van der Waals surface area contributed by atoms with Gasteiger partial charge in [0.2, 0.25) is 5.78 Å². The summed E-state index contributed by atoms with van der Waals surface area (Å²) in [6.45, 7) is 8.01. The van der Waals surface area contributed by atoms with Crippen LogP contribution in [0.5, 0.6) is 0 Å². The summed E-state index contributed by atoms with van der Waals surface area (Å²) in [5.41, 5.74) is 0. The van der Waals surface area contributed by atoms with Gasteiger partial charge in [-0.05, 0) is 24.7 Å². The molecule has 0 aliphatic carbocycles. The lowest BCUT2D eigenvalue weighted by Gasteiger charge is -2.17. The second-order valence-electron chi connectivity index (χ2n) is 4.63. The number of carbonyl (C=O) groups is 2. The van der Waals surface area contributed by atoms with E-state index in [0.29, 0.717) is 24.7 Å². The lowest BCUT2D eigenvalue weighted by molar-refractivity contribution is -0.151. The minimum absolute atomic E-state index is 0.313. The fourth-order valence-corrected chi connectivity index (χ4v) is 1.62. The zero-order valence-corrected chi connectivity index (χ0v) is 9.41. The molecule has 3 heteroatoms. The Hall–Kier alpha value is -0.860. The lowest BCUT2D eigenvalue weighted by Crippen LogP contribution is -2.25. The van der Waals surface area contributed by atoms with Gasteiger partial charge in [-0.25, -0.2) is 4.79 Å². The van der Waals surface area contributed by atoms with Gasteiger partial charge < -0.3 is 5.11 Å². The van der Waals surface area contributed by atoms with Crippen LogP contribution in [0.1, 0.15) is 40.5 Å². The van der Waals surface area contributed by atoms with E-state index < -0.39 is 11.8 Å². The number of Topliss-reactive ketones (excluding diaryl/α,β-unsaturated/α-hetero) is 1. The first kappa shape index (κ1) is 13.1.